The average Bonchev–Trinajstić information content (AvgIpc) is 3.39. The molecule has 11 nitrogen and oxygen atoms in total. The second kappa shape index (κ2) is 58.3. The molecule has 0 spiro atoms. The molecule has 1 aliphatic carbocycles. The monoisotopic (exact) mass is 1100 g/mol. The number of carbonyl (C=O) groups is 5. The zero-order chi connectivity index (χ0) is 58.1. The molecule has 0 radical (unpaired) electrons. The van der Waals surface area contributed by atoms with Gasteiger partial charge in [-0.05, 0) is 68.8 Å². The summed E-state index contributed by atoms with van der Waals surface area (Å²) >= 11 is 0. The van der Waals surface area contributed by atoms with E-state index in [1.165, 1.54) is 102 Å². The summed E-state index contributed by atoms with van der Waals surface area (Å²) in [6.45, 7) is 25.2. The topological polar surface area (TPSA) is 144 Å². The molecule has 11 heteroatoms. The molecule has 2 atom stereocenters. The highest BCUT2D eigenvalue weighted by molar-refractivity contribution is 5.81. The summed E-state index contributed by atoms with van der Waals surface area (Å²) in [7, 11) is 0. The fourth-order valence-electron chi connectivity index (χ4n) is 9.31. The molecule has 0 bridgehead atoms. The number of hydrogen-bond acceptors (Lipinski definition) is 11. The van der Waals surface area contributed by atoms with Crippen LogP contribution in [-0.4, -0.2) is 68.7 Å². The number of ether oxygens (including phenoxy) is 5. The third kappa shape index (κ3) is 49.7. The smallest absolute Gasteiger partial charge is 0.306 e. The zero-order valence-corrected chi connectivity index (χ0v) is 52.5. The molecule has 1 rings (SSSR count). The summed E-state index contributed by atoms with van der Waals surface area (Å²) in [5.41, 5.74) is 2.14. The third-order valence-corrected chi connectivity index (χ3v) is 14.4. The van der Waals surface area contributed by atoms with Gasteiger partial charge in [0.1, 0.15) is 5.78 Å². The van der Waals surface area contributed by atoms with Gasteiger partial charge in [-0.3, -0.25) is 24.0 Å². The molecule has 1 saturated carbocycles. The van der Waals surface area contributed by atoms with Gasteiger partial charge in [0, 0.05) is 69.5 Å². The van der Waals surface area contributed by atoms with Crippen LogP contribution in [0.2, 0.25) is 0 Å². The van der Waals surface area contributed by atoms with E-state index in [-0.39, 0.29) is 74.4 Å². The van der Waals surface area contributed by atoms with E-state index in [1.54, 1.807) is 0 Å². The van der Waals surface area contributed by atoms with Crippen LogP contribution in [0.1, 0.15) is 326 Å². The summed E-state index contributed by atoms with van der Waals surface area (Å²) in [6, 6.07) is -0.0921. The first kappa shape index (κ1) is 76.7. The maximum Gasteiger partial charge on any atom is 0.306 e. The first-order valence-corrected chi connectivity index (χ1v) is 32.9. The SMILES string of the molecule is C=C(CCC)NC(CCOC(=O)CC(CC(=O)CCCCCCCCC)CC(=O)OCCCCCCCC)CCOC(CC(CC(=O)OCCCCCCCC)CC(=O)OCCCCCCCC)=C1CCC1.CC.CCCC. The van der Waals surface area contributed by atoms with Crippen molar-refractivity contribution in [3.05, 3.63) is 23.6 Å². The van der Waals surface area contributed by atoms with Crippen molar-refractivity contribution < 1.29 is 47.7 Å². The predicted octanol–water partition coefficient (Wildman–Crippen LogP) is 18.9. The van der Waals surface area contributed by atoms with Gasteiger partial charge in [0.15, 0.2) is 0 Å². The van der Waals surface area contributed by atoms with E-state index in [1.807, 2.05) is 13.8 Å². The van der Waals surface area contributed by atoms with Crippen LogP contribution in [0.3, 0.4) is 0 Å². The van der Waals surface area contributed by atoms with Crippen LogP contribution in [0.5, 0.6) is 0 Å². The molecular formula is C67H125NO10. The van der Waals surface area contributed by atoms with Gasteiger partial charge in [0.05, 0.1) is 38.8 Å². The molecule has 0 aliphatic heterocycles. The number of carbonyl (C=O) groups excluding carboxylic acids is 5. The highest BCUT2D eigenvalue weighted by Gasteiger charge is 2.26. The van der Waals surface area contributed by atoms with Crippen molar-refractivity contribution in [2.45, 2.75) is 332 Å². The molecule has 1 N–H and O–H groups in total. The van der Waals surface area contributed by atoms with Crippen LogP contribution < -0.4 is 5.32 Å². The van der Waals surface area contributed by atoms with Crippen molar-refractivity contribution in [3.63, 3.8) is 0 Å². The predicted molar refractivity (Wildman–Crippen MR) is 325 cm³/mol. The number of allylic oxidation sites excluding steroid dienone is 3. The molecule has 0 saturated heterocycles. The van der Waals surface area contributed by atoms with E-state index in [9.17, 15) is 24.0 Å². The van der Waals surface area contributed by atoms with Crippen molar-refractivity contribution in [2.75, 3.05) is 33.0 Å². The first-order valence-electron chi connectivity index (χ1n) is 32.9. The lowest BCUT2D eigenvalue weighted by atomic mass is 9.87. The minimum atomic E-state index is -0.468. The Morgan fingerprint density at radius 3 is 1.10 bits per heavy atom. The summed E-state index contributed by atoms with van der Waals surface area (Å²) < 4.78 is 29.4. The van der Waals surface area contributed by atoms with E-state index in [2.05, 4.69) is 60.4 Å². The van der Waals surface area contributed by atoms with E-state index in [4.69, 9.17) is 23.7 Å². The van der Waals surface area contributed by atoms with E-state index in [0.717, 1.165) is 121 Å². The molecule has 1 aliphatic rings. The second-order valence-corrected chi connectivity index (χ2v) is 22.1. The third-order valence-electron chi connectivity index (χ3n) is 14.4. The Morgan fingerprint density at radius 1 is 0.397 bits per heavy atom. The van der Waals surface area contributed by atoms with Crippen LogP contribution >= 0.6 is 0 Å². The largest absolute Gasteiger partial charge is 0.498 e. The normalized spacial score (nSPS) is 12.5. The Kier molecular flexibility index (Phi) is 57.3. The Balaban J connectivity index is 0. The molecule has 1 fully saturated rings. The summed E-state index contributed by atoms with van der Waals surface area (Å²) in [4.78, 5) is 65.9. The van der Waals surface area contributed by atoms with Crippen molar-refractivity contribution in [3.8, 4) is 0 Å². The Hall–Kier alpha value is -3.37. The maximum absolute atomic E-state index is 13.4. The average molecular weight is 1100 g/mol. The van der Waals surface area contributed by atoms with Crippen molar-refractivity contribution in [2.24, 2.45) is 11.8 Å². The van der Waals surface area contributed by atoms with Crippen molar-refractivity contribution >= 4 is 29.7 Å². The zero-order valence-electron chi connectivity index (χ0n) is 52.5. The van der Waals surface area contributed by atoms with Gasteiger partial charge in [0.2, 0.25) is 0 Å². The second-order valence-electron chi connectivity index (χ2n) is 22.1. The van der Waals surface area contributed by atoms with Gasteiger partial charge in [-0.2, -0.15) is 0 Å². The number of hydrogen-bond donors (Lipinski definition) is 1. The number of Topliss-reactive ketones (excluding diaryl/α,β-unsaturated/α-hetero) is 1. The summed E-state index contributed by atoms with van der Waals surface area (Å²) in [5.74, 6) is -1.19. The van der Waals surface area contributed by atoms with Crippen LogP contribution in [0.15, 0.2) is 23.6 Å². The van der Waals surface area contributed by atoms with E-state index < -0.39 is 11.9 Å². The highest BCUT2D eigenvalue weighted by atomic mass is 16.5. The van der Waals surface area contributed by atoms with Crippen molar-refractivity contribution in [1.29, 1.82) is 0 Å². The standard InChI is InChI=1S/C61H109NO10.C4H10.C2H6/c1-7-12-16-20-24-25-29-37-56(63)45-52(47-58(64)69-40-30-26-21-17-13-8-2)48-61(67)72-44-39-55(62-51(6)34-11-5)38-43-68-57(54-35-33-36-54)46-53(49-59(65)70-41-31-27-22-18-14-9-3)50-60(66)71-42-32-28-23-19-15-10-4;1-3-4-2;1-2/h52-53,55,62H,6-50H2,1-5H3;3-4H2,1-2H3;1-2H3. The van der Waals surface area contributed by atoms with Gasteiger partial charge in [-0.15, -0.1) is 0 Å². The lowest BCUT2D eigenvalue weighted by Crippen LogP contribution is -2.31. The number of esters is 4. The molecule has 78 heavy (non-hydrogen) atoms. The quantitative estimate of drug-likeness (QED) is 0.0269. The molecule has 0 heterocycles. The molecule has 458 valence electrons. The van der Waals surface area contributed by atoms with Gasteiger partial charge in [-0.1, -0.05) is 223 Å². The van der Waals surface area contributed by atoms with E-state index >= 15 is 0 Å². The lowest BCUT2D eigenvalue weighted by molar-refractivity contribution is -0.149. The maximum atomic E-state index is 13.4. The van der Waals surface area contributed by atoms with Crippen LogP contribution in [-0.2, 0) is 47.7 Å². The number of ketones is 1. The minimum Gasteiger partial charge on any atom is -0.498 e. The Morgan fingerprint density at radius 2 is 0.744 bits per heavy atom. The van der Waals surface area contributed by atoms with Crippen LogP contribution in [0.25, 0.3) is 0 Å². The summed E-state index contributed by atoms with van der Waals surface area (Å²) in [5, 5.41) is 3.55. The van der Waals surface area contributed by atoms with Gasteiger partial charge in [0.25, 0.3) is 0 Å². The molecule has 0 amide bonds. The molecular weight excluding hydrogens is 979 g/mol. The molecule has 0 aromatic carbocycles. The van der Waals surface area contributed by atoms with Crippen molar-refractivity contribution in [1.82, 2.24) is 5.32 Å². The van der Waals surface area contributed by atoms with Crippen LogP contribution in [0, 0.1) is 11.8 Å². The fourth-order valence-corrected chi connectivity index (χ4v) is 9.31. The van der Waals surface area contributed by atoms with Crippen LogP contribution in [0.4, 0.5) is 0 Å². The minimum absolute atomic E-state index is 0.0180. The van der Waals surface area contributed by atoms with Gasteiger partial charge in [-0.25, -0.2) is 0 Å². The Labute approximate surface area is 480 Å². The first-order chi connectivity index (χ1) is 38.0. The number of rotatable bonds is 53. The van der Waals surface area contributed by atoms with Gasteiger partial charge >= 0.3 is 23.9 Å². The summed E-state index contributed by atoms with van der Waals surface area (Å²) in [6.07, 6.45) is 37.4. The number of nitrogens with one attached hydrogen (secondary N) is 1. The number of unbranched alkanes of at least 4 members (excludes halogenated alkanes) is 22. The molecule has 0 aromatic heterocycles. The molecule has 2 unspecified atom stereocenters. The fraction of sp³-hybridized carbons (Fsp3) is 0.866. The lowest BCUT2D eigenvalue weighted by Gasteiger charge is -2.27. The van der Waals surface area contributed by atoms with Gasteiger partial charge < -0.3 is 29.0 Å². The van der Waals surface area contributed by atoms with E-state index in [0.29, 0.717) is 52.1 Å². The molecule has 0 aromatic rings. The Bertz CT molecular complexity index is 1410. The highest BCUT2D eigenvalue weighted by Crippen LogP contribution is 2.34.